The minimum atomic E-state index is -0.394. The van der Waals surface area contributed by atoms with Gasteiger partial charge in [0.1, 0.15) is 23.0 Å². The number of para-hydroxylation sites is 4. The summed E-state index contributed by atoms with van der Waals surface area (Å²) in [5.74, 6) is -0.223. The lowest BCUT2D eigenvalue weighted by Gasteiger charge is -2.13. The van der Waals surface area contributed by atoms with Crippen LogP contribution in [-0.4, -0.2) is 43.8 Å². The first-order chi connectivity index (χ1) is 39.2. The summed E-state index contributed by atoms with van der Waals surface area (Å²) in [5.41, 5.74) is 9.47. The normalized spacial score (nSPS) is 12.1. The van der Waals surface area contributed by atoms with Crippen LogP contribution in [0.15, 0.2) is 170 Å². The van der Waals surface area contributed by atoms with Gasteiger partial charge in [0.05, 0.1) is 22.8 Å². The highest BCUT2D eigenvalue weighted by molar-refractivity contribution is 6.02. The number of carbonyl (C=O) groups is 4. The molecule has 2 aliphatic rings. The van der Waals surface area contributed by atoms with Gasteiger partial charge in [-0.1, -0.05) is 121 Å². The lowest BCUT2D eigenvalue weighted by Crippen LogP contribution is -2.08. The summed E-state index contributed by atoms with van der Waals surface area (Å²) >= 11 is 0. The molecule has 0 radical (unpaired) electrons. The molecule has 2 aliphatic heterocycles. The van der Waals surface area contributed by atoms with Crippen LogP contribution in [0.25, 0.3) is 90.9 Å². The summed E-state index contributed by atoms with van der Waals surface area (Å²) in [4.78, 5) is 72.4. The van der Waals surface area contributed by atoms with Crippen LogP contribution in [0.3, 0.4) is 0 Å². The van der Waals surface area contributed by atoms with Crippen LogP contribution >= 0.6 is 0 Å². The van der Waals surface area contributed by atoms with Crippen molar-refractivity contribution in [3.63, 3.8) is 0 Å². The van der Waals surface area contributed by atoms with Gasteiger partial charge >= 0.3 is 23.9 Å². The maximum absolute atomic E-state index is 13.5. The van der Waals surface area contributed by atoms with Crippen molar-refractivity contribution in [2.75, 3.05) is 0 Å². The number of benzene rings is 4. The van der Waals surface area contributed by atoms with E-state index in [1.165, 1.54) is 0 Å². The van der Waals surface area contributed by atoms with E-state index < -0.39 is 23.9 Å². The second kappa shape index (κ2) is 26.6. The standard InChI is InChI=1S/C68H62N4O8/c1-5-9-13-33-61(73)77-57-29-21-17-25-45(57)65-49-37-39-51(69-49)66(46-26-18-22-30-58(46)78-62(74)34-14-10-6-2)53-41-43-55(71-53)68(48-28-20-24-32-60(48)80-64(76)36-16-12-8-4)56-44-42-54(72-56)67(52-40-38-50(65)70-52)47-27-19-23-31-59(47)79-63(75)35-15-11-7-3/h5-12,17-32,37-44,69,72H,13-16,33-36H2,1-4H3. The molecule has 0 atom stereocenters. The third-order valence-electron chi connectivity index (χ3n) is 13.3. The largest absolute Gasteiger partial charge is 0.426 e. The van der Waals surface area contributed by atoms with E-state index in [-0.39, 0.29) is 25.7 Å². The van der Waals surface area contributed by atoms with Gasteiger partial charge in [-0.2, -0.15) is 0 Å². The number of nitrogens with zero attached hydrogens (tertiary/aromatic N) is 2. The van der Waals surface area contributed by atoms with E-state index in [1.54, 1.807) is 24.3 Å². The first-order valence-corrected chi connectivity index (χ1v) is 27.0. The Kier molecular flexibility index (Phi) is 18.3. The van der Waals surface area contributed by atoms with Crippen molar-refractivity contribution in [1.29, 1.82) is 0 Å². The van der Waals surface area contributed by atoms with E-state index in [0.29, 0.717) is 138 Å². The van der Waals surface area contributed by atoms with E-state index in [1.807, 2.05) is 198 Å². The molecule has 4 aromatic carbocycles. The molecule has 8 bridgehead atoms. The first-order valence-electron chi connectivity index (χ1n) is 27.0. The highest BCUT2D eigenvalue weighted by atomic mass is 16.5. The maximum atomic E-state index is 13.5. The fraction of sp³-hybridized carbons (Fsp3) is 0.176. The Labute approximate surface area is 465 Å². The van der Waals surface area contributed by atoms with Gasteiger partial charge in [-0.05, 0) is 126 Å². The number of hydrogen-bond donors (Lipinski definition) is 2. The molecule has 402 valence electrons. The predicted octanol–water partition coefficient (Wildman–Crippen LogP) is 16.4. The molecule has 3 aromatic heterocycles. The molecule has 0 unspecified atom stereocenters. The number of fused-ring (bicyclic) bond motifs is 8. The Morgan fingerprint density at radius 3 is 0.800 bits per heavy atom. The van der Waals surface area contributed by atoms with E-state index in [2.05, 4.69) is 9.97 Å². The molecule has 0 saturated carbocycles. The lowest BCUT2D eigenvalue weighted by atomic mass is 10.0. The number of allylic oxidation sites excluding steroid dienone is 8. The molecular weight excluding hydrogens is 1000 g/mol. The third kappa shape index (κ3) is 13.0. The molecule has 0 fully saturated rings. The number of carbonyl (C=O) groups excluding carboxylic acids is 4. The van der Waals surface area contributed by atoms with Crippen molar-refractivity contribution >= 4 is 70.2 Å². The number of hydrogen-bond acceptors (Lipinski definition) is 10. The zero-order valence-corrected chi connectivity index (χ0v) is 45.3. The molecule has 0 aliphatic carbocycles. The molecule has 5 heterocycles. The van der Waals surface area contributed by atoms with Gasteiger partial charge in [0, 0.05) is 92.3 Å². The van der Waals surface area contributed by atoms with Gasteiger partial charge in [-0.15, -0.1) is 0 Å². The predicted molar refractivity (Wildman–Crippen MR) is 319 cm³/mol. The van der Waals surface area contributed by atoms with Gasteiger partial charge < -0.3 is 28.9 Å². The number of nitrogens with one attached hydrogen (secondary N) is 2. The molecule has 0 saturated heterocycles. The van der Waals surface area contributed by atoms with Crippen LogP contribution in [0.4, 0.5) is 0 Å². The molecule has 12 heteroatoms. The second-order valence-corrected chi connectivity index (χ2v) is 18.8. The number of esters is 4. The summed E-state index contributed by atoms with van der Waals surface area (Å²) in [6.07, 6.45) is 25.8. The highest BCUT2D eigenvalue weighted by Gasteiger charge is 2.25. The topological polar surface area (TPSA) is 163 Å². The maximum Gasteiger partial charge on any atom is 0.311 e. The molecule has 9 rings (SSSR count). The summed E-state index contributed by atoms with van der Waals surface area (Å²) in [6, 6.07) is 37.3. The average Bonchev–Trinajstić information content (AvgIpc) is 4.37. The zero-order valence-electron chi connectivity index (χ0n) is 45.3. The Morgan fingerprint density at radius 1 is 0.350 bits per heavy atom. The number of rotatable bonds is 20. The molecule has 0 spiro atoms. The van der Waals surface area contributed by atoms with Crippen LogP contribution in [0.1, 0.15) is 102 Å². The summed E-state index contributed by atoms with van der Waals surface area (Å²) < 4.78 is 24.7. The monoisotopic (exact) mass is 1060 g/mol. The fourth-order valence-electron chi connectivity index (χ4n) is 9.55. The van der Waals surface area contributed by atoms with Gasteiger partial charge in [0.2, 0.25) is 0 Å². The van der Waals surface area contributed by atoms with Crippen molar-refractivity contribution in [3.05, 3.63) is 193 Å². The first kappa shape index (κ1) is 55.1. The smallest absolute Gasteiger partial charge is 0.311 e. The van der Waals surface area contributed by atoms with E-state index in [4.69, 9.17) is 28.9 Å². The zero-order chi connectivity index (χ0) is 55.8. The van der Waals surface area contributed by atoms with Crippen LogP contribution in [-0.2, 0) is 19.2 Å². The number of ether oxygens (including phenoxy) is 4. The Bertz CT molecular complexity index is 3340. The van der Waals surface area contributed by atoms with Crippen LogP contribution in [0.2, 0.25) is 0 Å². The lowest BCUT2D eigenvalue weighted by molar-refractivity contribution is -0.135. The Balaban J connectivity index is 1.40. The number of H-pyrrole nitrogens is 2. The van der Waals surface area contributed by atoms with Gasteiger partial charge in [-0.25, -0.2) is 9.97 Å². The number of aromatic amines is 2. The minimum Gasteiger partial charge on any atom is -0.426 e. The van der Waals surface area contributed by atoms with Crippen molar-refractivity contribution < 1.29 is 38.1 Å². The van der Waals surface area contributed by atoms with Gasteiger partial charge in [0.25, 0.3) is 0 Å². The van der Waals surface area contributed by atoms with Crippen LogP contribution in [0, 0.1) is 0 Å². The van der Waals surface area contributed by atoms with Gasteiger partial charge in [-0.3, -0.25) is 19.2 Å². The number of aromatic nitrogens is 4. The van der Waals surface area contributed by atoms with Crippen molar-refractivity contribution in [2.45, 2.75) is 79.1 Å². The Morgan fingerprint density at radius 2 is 0.575 bits per heavy atom. The quantitative estimate of drug-likeness (QED) is 0.0427. The third-order valence-corrected chi connectivity index (χ3v) is 13.3. The Hall–Kier alpha value is -9.68. The average molecular weight is 1060 g/mol. The van der Waals surface area contributed by atoms with E-state index >= 15 is 0 Å². The highest BCUT2D eigenvalue weighted by Crippen LogP contribution is 2.44. The summed E-state index contributed by atoms with van der Waals surface area (Å²) in [6.45, 7) is 7.64. The second-order valence-electron chi connectivity index (χ2n) is 18.8. The minimum absolute atomic E-state index is 0.175. The SMILES string of the molecule is CC=CCCC(=O)Oc1ccccc1-c1c2nc(c(-c3ccccc3OC(=O)CCC=CC)c3ccc([nH]3)c(-c3ccccc3OC(=O)CCC=CC)c3nc(c(-c4ccccc4OC(=O)CCC=CC)c4ccc1[nH]4)C=C3)C=C2. The molecule has 12 nitrogen and oxygen atoms in total. The van der Waals surface area contributed by atoms with E-state index in [9.17, 15) is 19.2 Å². The molecular formula is C68H62N4O8. The van der Waals surface area contributed by atoms with Crippen molar-refractivity contribution in [3.8, 4) is 67.5 Å². The van der Waals surface area contributed by atoms with Crippen molar-refractivity contribution in [1.82, 2.24) is 19.9 Å². The molecule has 7 aromatic rings. The molecule has 2 N–H and O–H groups in total. The molecule has 80 heavy (non-hydrogen) atoms. The molecule has 0 amide bonds. The van der Waals surface area contributed by atoms with Crippen molar-refractivity contribution in [2.24, 2.45) is 0 Å². The van der Waals surface area contributed by atoms with Crippen LogP contribution < -0.4 is 18.9 Å². The summed E-state index contributed by atoms with van der Waals surface area (Å²) in [5, 5.41) is 0. The summed E-state index contributed by atoms with van der Waals surface area (Å²) in [7, 11) is 0. The van der Waals surface area contributed by atoms with E-state index in [0.717, 1.165) is 0 Å². The van der Waals surface area contributed by atoms with Crippen LogP contribution in [0.5, 0.6) is 23.0 Å². The fourth-order valence-corrected chi connectivity index (χ4v) is 9.55. The van der Waals surface area contributed by atoms with Gasteiger partial charge in [0.15, 0.2) is 0 Å².